The number of aromatic nitrogens is 3. The molecular formula is C9H6ClN5. The van der Waals surface area contributed by atoms with Gasteiger partial charge in [0.1, 0.15) is 12.4 Å². The van der Waals surface area contributed by atoms with Crippen LogP contribution in [0.2, 0.25) is 5.02 Å². The largest absolute Gasteiger partial charge is 0.396 e. The van der Waals surface area contributed by atoms with Crippen molar-refractivity contribution >= 4 is 17.3 Å². The second kappa shape index (κ2) is 3.59. The molecule has 0 aliphatic heterocycles. The van der Waals surface area contributed by atoms with Gasteiger partial charge in [-0.2, -0.15) is 5.26 Å². The minimum absolute atomic E-state index is 0.0920. The molecule has 0 bridgehead atoms. The van der Waals surface area contributed by atoms with E-state index in [0.29, 0.717) is 16.4 Å². The molecular weight excluding hydrogens is 214 g/mol. The summed E-state index contributed by atoms with van der Waals surface area (Å²) in [6.45, 7) is 0. The van der Waals surface area contributed by atoms with Gasteiger partial charge in [-0.15, -0.1) is 5.10 Å². The van der Waals surface area contributed by atoms with E-state index < -0.39 is 0 Å². The van der Waals surface area contributed by atoms with Gasteiger partial charge in [0.25, 0.3) is 5.82 Å². The summed E-state index contributed by atoms with van der Waals surface area (Å²) < 4.78 is 1.42. The van der Waals surface area contributed by atoms with E-state index in [1.165, 1.54) is 11.0 Å². The van der Waals surface area contributed by atoms with E-state index in [2.05, 4.69) is 10.1 Å². The lowest BCUT2D eigenvalue weighted by Crippen LogP contribution is -2.00. The Morgan fingerprint density at radius 1 is 1.47 bits per heavy atom. The van der Waals surface area contributed by atoms with Crippen molar-refractivity contribution in [3.8, 4) is 11.8 Å². The SMILES string of the molecule is N#Cc1ncn(-c2cccc(Cl)c2N)n1. The van der Waals surface area contributed by atoms with E-state index in [4.69, 9.17) is 22.6 Å². The van der Waals surface area contributed by atoms with Crippen molar-refractivity contribution in [2.45, 2.75) is 0 Å². The Kier molecular flexibility index (Phi) is 2.27. The lowest BCUT2D eigenvalue weighted by molar-refractivity contribution is 0.875. The van der Waals surface area contributed by atoms with Crippen molar-refractivity contribution in [3.05, 3.63) is 35.4 Å². The lowest BCUT2D eigenvalue weighted by atomic mass is 10.3. The Morgan fingerprint density at radius 2 is 2.27 bits per heavy atom. The number of anilines is 1. The highest BCUT2D eigenvalue weighted by atomic mass is 35.5. The zero-order chi connectivity index (χ0) is 10.8. The van der Waals surface area contributed by atoms with Gasteiger partial charge in [0.15, 0.2) is 0 Å². The van der Waals surface area contributed by atoms with Crippen LogP contribution in [0.15, 0.2) is 24.5 Å². The van der Waals surface area contributed by atoms with Crippen molar-refractivity contribution in [2.75, 3.05) is 5.73 Å². The fourth-order valence-electron chi connectivity index (χ4n) is 1.16. The first kappa shape index (κ1) is 9.49. The van der Waals surface area contributed by atoms with Crippen LogP contribution in [0.3, 0.4) is 0 Å². The lowest BCUT2D eigenvalue weighted by Gasteiger charge is -2.05. The molecule has 0 aliphatic carbocycles. The molecule has 15 heavy (non-hydrogen) atoms. The molecule has 2 N–H and O–H groups in total. The minimum Gasteiger partial charge on any atom is -0.396 e. The Morgan fingerprint density at radius 3 is 2.93 bits per heavy atom. The van der Waals surface area contributed by atoms with Crippen molar-refractivity contribution < 1.29 is 0 Å². The number of para-hydroxylation sites is 1. The van der Waals surface area contributed by atoms with E-state index in [9.17, 15) is 0 Å². The first-order chi connectivity index (χ1) is 7.22. The summed E-state index contributed by atoms with van der Waals surface area (Å²) in [5, 5.41) is 12.9. The standard InChI is InChI=1S/C9H6ClN5/c10-6-2-1-3-7(9(6)12)15-5-13-8(4-11)14-15/h1-3,5H,12H2. The van der Waals surface area contributed by atoms with Crippen LogP contribution in [0.5, 0.6) is 0 Å². The average Bonchev–Trinajstić information content (AvgIpc) is 2.70. The number of hydrogen-bond acceptors (Lipinski definition) is 4. The van der Waals surface area contributed by atoms with Gasteiger partial charge in [0.2, 0.25) is 0 Å². The van der Waals surface area contributed by atoms with Gasteiger partial charge in [-0.1, -0.05) is 17.7 Å². The highest BCUT2D eigenvalue weighted by Crippen LogP contribution is 2.24. The minimum atomic E-state index is 0.0920. The monoisotopic (exact) mass is 219 g/mol. The van der Waals surface area contributed by atoms with Crippen LogP contribution in [-0.4, -0.2) is 14.8 Å². The number of hydrogen-bond donors (Lipinski definition) is 1. The maximum absolute atomic E-state index is 8.58. The fraction of sp³-hybridized carbons (Fsp3) is 0. The third-order valence-corrected chi connectivity index (χ3v) is 2.20. The molecule has 1 aromatic heterocycles. The molecule has 0 aliphatic rings. The Bertz CT molecular complexity index is 540. The second-order valence-electron chi connectivity index (χ2n) is 2.80. The molecule has 5 nitrogen and oxygen atoms in total. The first-order valence-corrected chi connectivity index (χ1v) is 4.46. The molecule has 0 saturated carbocycles. The molecule has 0 radical (unpaired) electrons. The van der Waals surface area contributed by atoms with E-state index in [-0.39, 0.29) is 5.82 Å². The maximum Gasteiger partial charge on any atom is 0.252 e. The number of nitrogens with two attached hydrogens (primary N) is 1. The number of nitriles is 1. The van der Waals surface area contributed by atoms with Crippen LogP contribution >= 0.6 is 11.6 Å². The molecule has 1 aromatic carbocycles. The number of benzene rings is 1. The van der Waals surface area contributed by atoms with Gasteiger partial charge in [-0.25, -0.2) is 9.67 Å². The molecule has 0 saturated heterocycles. The summed E-state index contributed by atoms with van der Waals surface area (Å²) in [5.41, 5.74) is 6.78. The van der Waals surface area contributed by atoms with Gasteiger partial charge in [-0.3, -0.25) is 0 Å². The third kappa shape index (κ3) is 1.63. The van der Waals surface area contributed by atoms with E-state index >= 15 is 0 Å². The molecule has 74 valence electrons. The fourth-order valence-corrected chi connectivity index (χ4v) is 1.33. The highest BCUT2D eigenvalue weighted by Gasteiger charge is 2.07. The Labute approximate surface area is 90.7 Å². The molecule has 6 heteroatoms. The average molecular weight is 220 g/mol. The van der Waals surface area contributed by atoms with Gasteiger partial charge in [0, 0.05) is 0 Å². The number of nitrogens with zero attached hydrogens (tertiary/aromatic N) is 4. The molecule has 0 atom stereocenters. The van der Waals surface area contributed by atoms with Crippen molar-refractivity contribution in [2.24, 2.45) is 0 Å². The van der Waals surface area contributed by atoms with Crippen molar-refractivity contribution in [3.63, 3.8) is 0 Å². The van der Waals surface area contributed by atoms with Crippen molar-refractivity contribution in [1.82, 2.24) is 14.8 Å². The van der Waals surface area contributed by atoms with Crippen LogP contribution in [0.25, 0.3) is 5.69 Å². The Hall–Kier alpha value is -2.06. The van der Waals surface area contributed by atoms with Crippen LogP contribution < -0.4 is 5.73 Å². The predicted molar refractivity (Wildman–Crippen MR) is 55.5 cm³/mol. The summed E-state index contributed by atoms with van der Waals surface area (Å²) in [4.78, 5) is 3.77. The van der Waals surface area contributed by atoms with E-state index in [1.54, 1.807) is 18.2 Å². The van der Waals surface area contributed by atoms with E-state index in [1.807, 2.05) is 6.07 Å². The zero-order valence-corrected chi connectivity index (χ0v) is 8.31. The second-order valence-corrected chi connectivity index (χ2v) is 3.20. The molecule has 0 amide bonds. The smallest absolute Gasteiger partial charge is 0.252 e. The molecule has 0 fully saturated rings. The van der Waals surface area contributed by atoms with E-state index in [0.717, 1.165) is 0 Å². The van der Waals surface area contributed by atoms with Crippen molar-refractivity contribution in [1.29, 1.82) is 5.26 Å². The van der Waals surface area contributed by atoms with Crippen LogP contribution in [0, 0.1) is 11.3 Å². The van der Waals surface area contributed by atoms with Gasteiger partial charge < -0.3 is 5.73 Å². The van der Waals surface area contributed by atoms with Gasteiger partial charge >= 0.3 is 0 Å². The molecule has 0 spiro atoms. The molecule has 0 unspecified atom stereocenters. The number of halogens is 1. The third-order valence-electron chi connectivity index (χ3n) is 1.87. The summed E-state index contributed by atoms with van der Waals surface area (Å²) in [7, 11) is 0. The number of nitrogen functional groups attached to an aromatic ring is 1. The molecule has 2 rings (SSSR count). The molecule has 1 heterocycles. The quantitative estimate of drug-likeness (QED) is 0.735. The summed E-state index contributed by atoms with van der Waals surface area (Å²) >= 11 is 5.85. The Balaban J connectivity index is 2.55. The topological polar surface area (TPSA) is 80.5 Å². The zero-order valence-electron chi connectivity index (χ0n) is 7.55. The highest BCUT2D eigenvalue weighted by molar-refractivity contribution is 6.33. The summed E-state index contributed by atoms with van der Waals surface area (Å²) in [6, 6.07) is 7.02. The first-order valence-electron chi connectivity index (χ1n) is 4.08. The van der Waals surface area contributed by atoms with Gasteiger partial charge in [-0.05, 0) is 12.1 Å². The van der Waals surface area contributed by atoms with Gasteiger partial charge in [0.05, 0.1) is 16.4 Å². The normalized spacial score (nSPS) is 9.87. The summed E-state index contributed by atoms with van der Waals surface area (Å²) in [6.07, 6.45) is 1.42. The van der Waals surface area contributed by atoms with Crippen LogP contribution in [0.4, 0.5) is 5.69 Å². The number of rotatable bonds is 1. The summed E-state index contributed by atoms with van der Waals surface area (Å²) in [5.74, 6) is 0.0920. The predicted octanol–water partition coefficient (Wildman–Crippen LogP) is 1.37. The van der Waals surface area contributed by atoms with Crippen LogP contribution in [0.1, 0.15) is 5.82 Å². The maximum atomic E-state index is 8.58. The molecule has 2 aromatic rings. The van der Waals surface area contributed by atoms with Crippen LogP contribution in [-0.2, 0) is 0 Å².